The summed E-state index contributed by atoms with van der Waals surface area (Å²) in [5.74, 6) is 1.71. The summed E-state index contributed by atoms with van der Waals surface area (Å²) in [6, 6.07) is 21.7. The van der Waals surface area contributed by atoms with Crippen LogP contribution in [0.15, 0.2) is 72.9 Å². The number of urea groups is 1. The van der Waals surface area contributed by atoms with Crippen LogP contribution in [0.4, 0.5) is 4.79 Å². The summed E-state index contributed by atoms with van der Waals surface area (Å²) < 4.78 is 9.64. The fourth-order valence-electron chi connectivity index (χ4n) is 4.64. The number of aromatic nitrogens is 3. The molecule has 2 aromatic carbocycles. The molecule has 1 unspecified atom stereocenters. The van der Waals surface area contributed by atoms with Crippen molar-refractivity contribution in [3.8, 4) is 17.3 Å². The third-order valence-corrected chi connectivity index (χ3v) is 6.17. The number of hydrogen-bond donors (Lipinski definition) is 1. The molecule has 0 aliphatic carbocycles. The fourth-order valence-corrected chi connectivity index (χ4v) is 4.64. The number of methoxy groups -OCH3 is 1. The number of rotatable bonds is 4. The van der Waals surface area contributed by atoms with E-state index < -0.39 is 0 Å². The highest BCUT2D eigenvalue weighted by Gasteiger charge is 2.36. The molecule has 1 aliphatic heterocycles. The number of nitrogens with zero attached hydrogens (tertiary/aromatic N) is 4. The first kappa shape index (κ1) is 21.8. The first-order valence-electron chi connectivity index (χ1n) is 11.5. The van der Waals surface area contributed by atoms with E-state index in [1.165, 1.54) is 0 Å². The average molecular weight is 456 g/mol. The Bertz CT molecular complexity index is 1320. The van der Waals surface area contributed by atoms with Crippen molar-refractivity contribution >= 4 is 6.03 Å². The van der Waals surface area contributed by atoms with Gasteiger partial charge in [-0.2, -0.15) is 5.10 Å². The number of hydrogen-bond acceptors (Lipinski definition) is 3. The van der Waals surface area contributed by atoms with Gasteiger partial charge in [-0.25, -0.2) is 9.48 Å². The molecule has 0 radical (unpaired) electrons. The molecule has 174 valence electrons. The van der Waals surface area contributed by atoms with Crippen LogP contribution in [-0.4, -0.2) is 38.4 Å². The molecule has 0 bridgehead atoms. The summed E-state index contributed by atoms with van der Waals surface area (Å²) in [6.45, 7) is 6.38. The Kier molecular flexibility index (Phi) is 5.61. The molecule has 7 nitrogen and oxygen atoms in total. The molecule has 2 amide bonds. The number of nitrogens with one attached hydrogen (secondary N) is 1. The maximum atomic E-state index is 13.6. The van der Waals surface area contributed by atoms with Crippen LogP contribution in [0, 0.1) is 6.92 Å². The normalized spacial score (nSPS) is 15.0. The molecule has 0 saturated heterocycles. The Hall–Kier alpha value is -4.00. The topological polar surface area (TPSA) is 64.3 Å². The zero-order valence-corrected chi connectivity index (χ0v) is 19.9. The van der Waals surface area contributed by atoms with Crippen molar-refractivity contribution in [3.05, 3.63) is 95.4 Å². The SMILES string of the molecule is COc1cccc(C2c3cccn3-c3c(c(C)nn3-c3ccccc3)CN2C(=O)NC(C)C)c1. The van der Waals surface area contributed by atoms with Gasteiger partial charge < -0.3 is 19.5 Å². The van der Waals surface area contributed by atoms with Crippen molar-refractivity contribution in [1.29, 1.82) is 0 Å². The lowest BCUT2D eigenvalue weighted by molar-refractivity contribution is 0.178. The molecule has 3 heterocycles. The average Bonchev–Trinajstić information content (AvgIpc) is 3.39. The van der Waals surface area contributed by atoms with Gasteiger partial charge in [-0.05, 0) is 62.7 Å². The van der Waals surface area contributed by atoms with E-state index in [4.69, 9.17) is 9.84 Å². The number of amides is 2. The predicted molar refractivity (Wildman–Crippen MR) is 132 cm³/mol. The van der Waals surface area contributed by atoms with Crippen LogP contribution < -0.4 is 10.1 Å². The van der Waals surface area contributed by atoms with Crippen LogP contribution in [0.1, 0.15) is 42.4 Å². The standard InChI is InChI=1S/C27H29N5O2/c1-18(2)28-27(33)31-17-23-19(3)29-32(21-11-6-5-7-12-21)26(23)30-15-9-14-24(30)25(31)20-10-8-13-22(16-20)34-4/h5-16,18,25H,17H2,1-4H3,(H,28,33). The van der Waals surface area contributed by atoms with Crippen molar-refractivity contribution in [2.75, 3.05) is 7.11 Å². The van der Waals surface area contributed by atoms with Gasteiger partial charge in [0.2, 0.25) is 0 Å². The first-order chi connectivity index (χ1) is 16.5. The quantitative estimate of drug-likeness (QED) is 0.471. The van der Waals surface area contributed by atoms with Crippen LogP contribution >= 0.6 is 0 Å². The number of fused-ring (bicyclic) bond motifs is 3. The molecular formula is C27H29N5O2. The van der Waals surface area contributed by atoms with E-state index in [9.17, 15) is 4.79 Å². The number of benzene rings is 2. The minimum atomic E-state index is -0.306. The third kappa shape index (κ3) is 3.73. The van der Waals surface area contributed by atoms with Crippen molar-refractivity contribution in [1.82, 2.24) is 24.6 Å². The van der Waals surface area contributed by atoms with E-state index in [1.807, 2.05) is 97.2 Å². The molecule has 1 N–H and O–H groups in total. The number of carbonyl (C=O) groups excluding carboxylic acids is 1. The molecule has 1 aliphatic rings. The number of aryl methyl sites for hydroxylation is 1. The fraction of sp³-hybridized carbons (Fsp3) is 0.259. The Labute approximate surface area is 199 Å². The third-order valence-electron chi connectivity index (χ3n) is 6.17. The maximum Gasteiger partial charge on any atom is 0.318 e. The number of carbonyl (C=O) groups is 1. The van der Waals surface area contributed by atoms with Crippen molar-refractivity contribution < 1.29 is 9.53 Å². The summed E-state index contributed by atoms with van der Waals surface area (Å²) >= 11 is 0. The molecular weight excluding hydrogens is 426 g/mol. The molecule has 7 heteroatoms. The Morgan fingerprint density at radius 1 is 1.09 bits per heavy atom. The Balaban J connectivity index is 1.75. The van der Waals surface area contributed by atoms with Crippen LogP contribution in [-0.2, 0) is 6.54 Å². The van der Waals surface area contributed by atoms with Crippen molar-refractivity contribution in [2.45, 2.75) is 39.4 Å². The van der Waals surface area contributed by atoms with Gasteiger partial charge in [-0.15, -0.1) is 0 Å². The smallest absolute Gasteiger partial charge is 0.318 e. The lowest BCUT2D eigenvalue weighted by Crippen LogP contribution is -2.44. The van der Waals surface area contributed by atoms with Gasteiger partial charge in [0.15, 0.2) is 0 Å². The second-order valence-corrected chi connectivity index (χ2v) is 8.85. The number of para-hydroxylation sites is 1. The van der Waals surface area contributed by atoms with Crippen LogP contribution in [0.5, 0.6) is 5.75 Å². The molecule has 0 fully saturated rings. The van der Waals surface area contributed by atoms with Crippen molar-refractivity contribution in [3.63, 3.8) is 0 Å². The monoisotopic (exact) mass is 455 g/mol. The predicted octanol–water partition coefficient (Wildman–Crippen LogP) is 5.00. The van der Waals surface area contributed by atoms with E-state index in [-0.39, 0.29) is 18.1 Å². The van der Waals surface area contributed by atoms with Gasteiger partial charge in [0.1, 0.15) is 11.6 Å². The molecule has 0 saturated carbocycles. The minimum Gasteiger partial charge on any atom is -0.497 e. The van der Waals surface area contributed by atoms with Gasteiger partial charge in [0.25, 0.3) is 0 Å². The summed E-state index contributed by atoms with van der Waals surface area (Å²) in [5.41, 5.74) is 4.87. The number of ether oxygens (including phenoxy) is 1. The van der Waals surface area contributed by atoms with Crippen LogP contribution in [0.3, 0.4) is 0 Å². The largest absolute Gasteiger partial charge is 0.497 e. The summed E-state index contributed by atoms with van der Waals surface area (Å²) in [5, 5.41) is 7.98. The molecule has 5 rings (SSSR count). The maximum absolute atomic E-state index is 13.6. The molecule has 34 heavy (non-hydrogen) atoms. The molecule has 4 aromatic rings. The van der Waals surface area contributed by atoms with E-state index in [0.717, 1.165) is 39.8 Å². The zero-order valence-electron chi connectivity index (χ0n) is 19.9. The van der Waals surface area contributed by atoms with Crippen LogP contribution in [0.25, 0.3) is 11.5 Å². The minimum absolute atomic E-state index is 0.0149. The van der Waals surface area contributed by atoms with E-state index in [0.29, 0.717) is 6.54 Å². The lowest BCUT2D eigenvalue weighted by atomic mass is 10.0. The summed E-state index contributed by atoms with van der Waals surface area (Å²) in [6.07, 6.45) is 2.05. The first-order valence-corrected chi connectivity index (χ1v) is 11.5. The highest BCUT2D eigenvalue weighted by molar-refractivity contribution is 5.76. The second-order valence-electron chi connectivity index (χ2n) is 8.85. The summed E-state index contributed by atoms with van der Waals surface area (Å²) in [4.78, 5) is 15.5. The lowest BCUT2D eigenvalue weighted by Gasteiger charge is -2.31. The molecule has 0 spiro atoms. The van der Waals surface area contributed by atoms with Crippen LogP contribution in [0.2, 0.25) is 0 Å². The second kappa shape index (κ2) is 8.74. The van der Waals surface area contributed by atoms with Gasteiger partial charge in [-0.3, -0.25) is 0 Å². The van der Waals surface area contributed by atoms with Gasteiger partial charge >= 0.3 is 6.03 Å². The highest BCUT2D eigenvalue weighted by Crippen LogP contribution is 2.39. The van der Waals surface area contributed by atoms with Crippen molar-refractivity contribution in [2.24, 2.45) is 0 Å². The van der Waals surface area contributed by atoms with Gasteiger partial charge in [0, 0.05) is 17.8 Å². The highest BCUT2D eigenvalue weighted by atomic mass is 16.5. The Morgan fingerprint density at radius 2 is 1.88 bits per heavy atom. The van der Waals surface area contributed by atoms with E-state index >= 15 is 0 Å². The Morgan fingerprint density at radius 3 is 2.62 bits per heavy atom. The van der Waals surface area contributed by atoms with Gasteiger partial charge in [-0.1, -0.05) is 30.3 Å². The van der Waals surface area contributed by atoms with E-state index in [2.05, 4.69) is 16.0 Å². The molecule has 2 aromatic heterocycles. The zero-order chi connectivity index (χ0) is 23.8. The summed E-state index contributed by atoms with van der Waals surface area (Å²) in [7, 11) is 1.66. The molecule has 1 atom stereocenters. The van der Waals surface area contributed by atoms with E-state index in [1.54, 1.807) is 7.11 Å². The van der Waals surface area contributed by atoms with Gasteiger partial charge in [0.05, 0.1) is 36.8 Å².